The Labute approximate surface area is 155 Å². The summed E-state index contributed by atoms with van der Waals surface area (Å²) in [5, 5.41) is 2.72. The quantitative estimate of drug-likeness (QED) is 0.819. The Bertz CT molecular complexity index is 884. The Hall–Kier alpha value is -1.77. The molecule has 1 aromatic heterocycles. The molecular weight excluding hydrogens is 406 g/mol. The van der Waals surface area contributed by atoms with Gasteiger partial charge < -0.3 is 5.32 Å². The van der Waals surface area contributed by atoms with Crippen LogP contribution in [0.3, 0.4) is 0 Å². The lowest BCUT2D eigenvalue weighted by Gasteiger charge is -2.23. The normalized spacial score (nSPS) is 18.2. The summed E-state index contributed by atoms with van der Waals surface area (Å²) in [5.41, 5.74) is 0.969. The van der Waals surface area contributed by atoms with Crippen LogP contribution in [0, 0.1) is 6.92 Å². The zero-order valence-electron chi connectivity index (χ0n) is 13.6. The van der Waals surface area contributed by atoms with E-state index < -0.39 is 16.1 Å². The van der Waals surface area contributed by atoms with Crippen LogP contribution in [0.25, 0.3) is 0 Å². The van der Waals surface area contributed by atoms with Crippen LogP contribution in [0.2, 0.25) is 0 Å². The van der Waals surface area contributed by atoms with E-state index in [1.54, 1.807) is 24.4 Å². The summed E-state index contributed by atoms with van der Waals surface area (Å²) in [4.78, 5) is 16.9. The molecule has 132 valence electrons. The number of amides is 1. The predicted molar refractivity (Wildman–Crippen MR) is 98.7 cm³/mol. The van der Waals surface area contributed by atoms with Crippen LogP contribution in [0.1, 0.15) is 18.4 Å². The molecule has 1 atom stereocenters. The molecule has 1 aliphatic heterocycles. The highest BCUT2D eigenvalue weighted by Crippen LogP contribution is 2.27. The maximum Gasteiger partial charge on any atom is 0.243 e. The molecule has 1 aliphatic rings. The van der Waals surface area contributed by atoms with Crippen molar-refractivity contribution in [1.82, 2.24) is 9.29 Å². The highest BCUT2D eigenvalue weighted by Gasteiger charge is 2.39. The van der Waals surface area contributed by atoms with E-state index >= 15 is 0 Å². The van der Waals surface area contributed by atoms with E-state index in [2.05, 4.69) is 26.2 Å². The fraction of sp³-hybridized carbons (Fsp3) is 0.294. The molecule has 1 N–H and O–H groups in total. The summed E-state index contributed by atoms with van der Waals surface area (Å²) in [6.45, 7) is 2.23. The zero-order chi connectivity index (χ0) is 18.0. The summed E-state index contributed by atoms with van der Waals surface area (Å²) in [5.74, 6) is 0.0779. The molecule has 25 heavy (non-hydrogen) atoms. The molecule has 0 spiro atoms. The second-order valence-corrected chi connectivity index (χ2v) is 8.74. The van der Waals surface area contributed by atoms with Gasteiger partial charge >= 0.3 is 0 Å². The number of benzene rings is 1. The van der Waals surface area contributed by atoms with Crippen molar-refractivity contribution in [2.24, 2.45) is 0 Å². The second kappa shape index (κ2) is 7.23. The molecule has 1 aromatic carbocycles. The van der Waals surface area contributed by atoms with Gasteiger partial charge in [0.15, 0.2) is 0 Å². The molecular formula is C17H18BrN3O3S. The number of hydrogen-bond donors (Lipinski definition) is 1. The van der Waals surface area contributed by atoms with E-state index in [9.17, 15) is 13.2 Å². The van der Waals surface area contributed by atoms with Gasteiger partial charge in [0.25, 0.3) is 0 Å². The fourth-order valence-electron chi connectivity index (χ4n) is 2.85. The lowest BCUT2D eigenvalue weighted by molar-refractivity contribution is -0.119. The minimum atomic E-state index is -3.72. The van der Waals surface area contributed by atoms with Crippen LogP contribution in [-0.4, -0.2) is 36.2 Å². The van der Waals surface area contributed by atoms with Crippen molar-refractivity contribution in [1.29, 1.82) is 0 Å². The smallest absolute Gasteiger partial charge is 0.243 e. The Kier molecular flexibility index (Phi) is 5.21. The third-order valence-corrected chi connectivity index (χ3v) is 6.54. The van der Waals surface area contributed by atoms with Crippen molar-refractivity contribution in [2.45, 2.75) is 30.7 Å². The first-order valence-electron chi connectivity index (χ1n) is 7.89. The van der Waals surface area contributed by atoms with Gasteiger partial charge in [0, 0.05) is 17.2 Å². The molecule has 0 bridgehead atoms. The number of nitrogens with zero attached hydrogens (tertiary/aromatic N) is 2. The standard InChI is InChI=1S/C17H18BrN3O3S/c1-12-8-9-19-16(11-12)20-17(22)15-3-2-10-21(15)25(23,24)14-6-4-13(18)5-7-14/h4-9,11,15H,2-3,10H2,1H3,(H,19,20,22). The Morgan fingerprint density at radius 3 is 2.68 bits per heavy atom. The Morgan fingerprint density at radius 1 is 1.28 bits per heavy atom. The lowest BCUT2D eigenvalue weighted by atomic mass is 10.2. The largest absolute Gasteiger partial charge is 0.309 e. The monoisotopic (exact) mass is 423 g/mol. The number of hydrogen-bond acceptors (Lipinski definition) is 4. The number of carbonyl (C=O) groups excluding carboxylic acids is 1. The van der Waals surface area contributed by atoms with Gasteiger partial charge in [0.2, 0.25) is 15.9 Å². The van der Waals surface area contributed by atoms with E-state index in [1.807, 2.05) is 13.0 Å². The molecule has 1 amide bonds. The number of nitrogens with one attached hydrogen (secondary N) is 1. The number of aryl methyl sites for hydroxylation is 1. The van der Waals surface area contributed by atoms with Crippen molar-refractivity contribution in [3.63, 3.8) is 0 Å². The average Bonchev–Trinajstić information content (AvgIpc) is 3.06. The highest BCUT2D eigenvalue weighted by atomic mass is 79.9. The van der Waals surface area contributed by atoms with Gasteiger partial charge in [-0.2, -0.15) is 4.31 Å². The van der Waals surface area contributed by atoms with Gasteiger partial charge in [0.1, 0.15) is 11.9 Å². The van der Waals surface area contributed by atoms with Gasteiger partial charge in [-0.1, -0.05) is 15.9 Å². The van der Waals surface area contributed by atoms with Crippen LogP contribution >= 0.6 is 15.9 Å². The van der Waals surface area contributed by atoms with Crippen molar-refractivity contribution in [3.8, 4) is 0 Å². The van der Waals surface area contributed by atoms with Gasteiger partial charge in [0.05, 0.1) is 4.90 Å². The minimum absolute atomic E-state index is 0.184. The van der Waals surface area contributed by atoms with Crippen molar-refractivity contribution < 1.29 is 13.2 Å². The molecule has 6 nitrogen and oxygen atoms in total. The second-order valence-electron chi connectivity index (χ2n) is 5.94. The number of anilines is 1. The van der Waals surface area contributed by atoms with Crippen LogP contribution in [0.15, 0.2) is 52.0 Å². The summed E-state index contributed by atoms with van der Waals surface area (Å²) in [6.07, 6.45) is 2.75. The number of aromatic nitrogens is 1. The summed E-state index contributed by atoms with van der Waals surface area (Å²) in [6, 6.07) is 9.28. The molecule has 0 aliphatic carbocycles. The maximum absolute atomic E-state index is 12.9. The van der Waals surface area contributed by atoms with E-state index in [0.29, 0.717) is 25.2 Å². The highest BCUT2D eigenvalue weighted by molar-refractivity contribution is 9.10. The SMILES string of the molecule is Cc1ccnc(NC(=O)C2CCCN2S(=O)(=O)c2ccc(Br)cc2)c1. The van der Waals surface area contributed by atoms with Crippen molar-refractivity contribution >= 4 is 37.7 Å². The summed E-state index contributed by atoms with van der Waals surface area (Å²) in [7, 11) is -3.72. The molecule has 1 unspecified atom stereocenters. The van der Waals surface area contributed by atoms with E-state index in [-0.39, 0.29) is 10.8 Å². The molecule has 2 aromatic rings. The molecule has 0 saturated carbocycles. The van der Waals surface area contributed by atoms with Gasteiger partial charge in [-0.15, -0.1) is 0 Å². The van der Waals surface area contributed by atoms with Crippen LogP contribution < -0.4 is 5.32 Å². The van der Waals surface area contributed by atoms with Crippen LogP contribution in [0.5, 0.6) is 0 Å². The lowest BCUT2D eigenvalue weighted by Crippen LogP contribution is -2.43. The van der Waals surface area contributed by atoms with Gasteiger partial charge in [-0.05, 0) is 61.7 Å². The molecule has 3 rings (SSSR count). The van der Waals surface area contributed by atoms with Crippen LogP contribution in [0.4, 0.5) is 5.82 Å². The van der Waals surface area contributed by atoms with E-state index in [4.69, 9.17) is 0 Å². The molecule has 1 fully saturated rings. The number of rotatable bonds is 4. The number of halogens is 1. The number of sulfonamides is 1. The molecule has 0 radical (unpaired) electrons. The number of pyridine rings is 1. The Morgan fingerprint density at radius 2 is 2.00 bits per heavy atom. The van der Waals surface area contributed by atoms with Crippen LogP contribution in [-0.2, 0) is 14.8 Å². The maximum atomic E-state index is 12.9. The predicted octanol–water partition coefficient (Wildman–Crippen LogP) is 2.94. The molecule has 2 heterocycles. The molecule has 1 saturated heterocycles. The first-order valence-corrected chi connectivity index (χ1v) is 10.1. The van der Waals surface area contributed by atoms with Crippen molar-refractivity contribution in [3.05, 3.63) is 52.6 Å². The van der Waals surface area contributed by atoms with E-state index in [0.717, 1.165) is 10.0 Å². The Balaban J connectivity index is 1.82. The van der Waals surface area contributed by atoms with E-state index in [1.165, 1.54) is 16.4 Å². The third-order valence-electron chi connectivity index (χ3n) is 4.09. The topological polar surface area (TPSA) is 79.4 Å². The van der Waals surface area contributed by atoms with Gasteiger partial charge in [-0.25, -0.2) is 13.4 Å². The first kappa shape index (κ1) is 18.0. The molecule has 8 heteroatoms. The first-order chi connectivity index (χ1) is 11.9. The zero-order valence-corrected chi connectivity index (χ0v) is 16.0. The third kappa shape index (κ3) is 3.91. The van der Waals surface area contributed by atoms with Gasteiger partial charge in [-0.3, -0.25) is 4.79 Å². The summed E-state index contributed by atoms with van der Waals surface area (Å²) < 4.78 is 27.8. The number of carbonyl (C=O) groups is 1. The fourth-order valence-corrected chi connectivity index (χ4v) is 4.77. The van der Waals surface area contributed by atoms with Crippen molar-refractivity contribution in [2.75, 3.05) is 11.9 Å². The average molecular weight is 424 g/mol. The summed E-state index contributed by atoms with van der Waals surface area (Å²) >= 11 is 3.29. The minimum Gasteiger partial charge on any atom is -0.309 e.